The van der Waals surface area contributed by atoms with Crippen molar-refractivity contribution in [2.75, 3.05) is 0 Å². The molecule has 2 aromatic heterocycles. The van der Waals surface area contributed by atoms with Crippen LogP contribution in [0.5, 0.6) is 0 Å². The third-order valence-corrected chi connectivity index (χ3v) is 2.19. The largest absolute Gasteiger partial charge is 0.475 e. The molecule has 0 aromatic carbocycles. The quantitative estimate of drug-likeness (QED) is 0.824. The highest BCUT2D eigenvalue weighted by molar-refractivity contribution is 9.10. The number of rotatable bonds is 1. The average Bonchev–Trinajstić information content (AvgIpc) is 2.49. The van der Waals surface area contributed by atoms with E-state index in [1.165, 1.54) is 6.20 Å². The maximum Gasteiger partial charge on any atom is 0.375 e. The standard InChI is InChI=1S/C7H3BrN2O3/c8-3-1-2-9-6-4(3)5(7(11)12)13-10-6/h1-2H,(H,11,12). The van der Waals surface area contributed by atoms with Gasteiger partial charge in [-0.1, -0.05) is 5.16 Å². The molecule has 0 saturated carbocycles. The summed E-state index contributed by atoms with van der Waals surface area (Å²) in [6, 6.07) is 1.63. The number of nitrogens with zero attached hydrogens (tertiary/aromatic N) is 2. The van der Waals surface area contributed by atoms with Crippen molar-refractivity contribution >= 4 is 32.9 Å². The van der Waals surface area contributed by atoms with Crippen molar-refractivity contribution in [2.24, 2.45) is 0 Å². The van der Waals surface area contributed by atoms with E-state index in [0.717, 1.165) is 0 Å². The van der Waals surface area contributed by atoms with Crippen LogP contribution in [-0.2, 0) is 0 Å². The highest BCUT2D eigenvalue weighted by Gasteiger charge is 2.18. The fourth-order valence-corrected chi connectivity index (χ4v) is 1.46. The Bertz CT molecular complexity index is 480. The molecule has 0 aliphatic rings. The lowest BCUT2D eigenvalue weighted by Crippen LogP contribution is -1.94. The maximum absolute atomic E-state index is 10.6. The van der Waals surface area contributed by atoms with Gasteiger partial charge in [-0.15, -0.1) is 0 Å². The van der Waals surface area contributed by atoms with Crippen LogP contribution in [-0.4, -0.2) is 21.2 Å². The van der Waals surface area contributed by atoms with Crippen LogP contribution in [0.25, 0.3) is 11.0 Å². The molecule has 1 N–H and O–H groups in total. The van der Waals surface area contributed by atoms with E-state index in [4.69, 9.17) is 5.11 Å². The molecular weight excluding hydrogens is 240 g/mol. The van der Waals surface area contributed by atoms with Gasteiger partial charge in [-0.05, 0) is 22.0 Å². The predicted molar refractivity (Wildman–Crippen MR) is 46.5 cm³/mol. The molecule has 2 rings (SSSR count). The second kappa shape index (κ2) is 2.81. The lowest BCUT2D eigenvalue weighted by atomic mass is 10.3. The summed E-state index contributed by atoms with van der Waals surface area (Å²) in [5.74, 6) is -1.36. The molecule has 5 nitrogen and oxygen atoms in total. The first-order valence-corrected chi connectivity index (χ1v) is 4.12. The molecule has 0 aliphatic heterocycles. The van der Waals surface area contributed by atoms with E-state index < -0.39 is 5.97 Å². The Balaban J connectivity index is 2.86. The molecule has 2 aromatic rings. The number of fused-ring (bicyclic) bond motifs is 1. The highest BCUT2D eigenvalue weighted by Crippen LogP contribution is 2.24. The van der Waals surface area contributed by atoms with Crippen LogP contribution in [0.15, 0.2) is 21.3 Å². The van der Waals surface area contributed by atoms with Crippen LogP contribution in [0.2, 0.25) is 0 Å². The SMILES string of the molecule is O=C(O)c1onc2nccc(Br)c12. The Morgan fingerprint density at radius 2 is 2.38 bits per heavy atom. The van der Waals surface area contributed by atoms with Gasteiger partial charge in [-0.2, -0.15) is 0 Å². The third kappa shape index (κ3) is 1.19. The Hall–Kier alpha value is -1.43. The molecule has 2 heterocycles. The molecule has 13 heavy (non-hydrogen) atoms. The average molecular weight is 243 g/mol. The minimum atomic E-state index is -1.16. The number of carboxylic acids is 1. The lowest BCUT2D eigenvalue weighted by Gasteiger charge is -1.90. The first kappa shape index (κ1) is 8.18. The number of aromatic nitrogens is 2. The normalized spacial score (nSPS) is 10.5. The molecule has 0 unspecified atom stereocenters. The van der Waals surface area contributed by atoms with Gasteiger partial charge in [0.1, 0.15) is 0 Å². The fraction of sp³-hybridized carbons (Fsp3) is 0. The molecule has 0 atom stereocenters. The molecule has 0 amide bonds. The summed E-state index contributed by atoms with van der Waals surface area (Å²) < 4.78 is 5.22. The Kier molecular flexibility index (Phi) is 1.77. The smallest absolute Gasteiger partial charge is 0.375 e. The third-order valence-electron chi connectivity index (χ3n) is 1.52. The van der Waals surface area contributed by atoms with E-state index >= 15 is 0 Å². The van der Waals surface area contributed by atoms with Crippen molar-refractivity contribution in [1.29, 1.82) is 0 Å². The summed E-state index contributed by atoms with van der Waals surface area (Å²) >= 11 is 3.19. The van der Waals surface area contributed by atoms with Gasteiger partial charge >= 0.3 is 5.97 Å². The molecular formula is C7H3BrN2O3. The zero-order valence-corrected chi connectivity index (χ0v) is 7.78. The molecule has 0 aliphatic carbocycles. The van der Waals surface area contributed by atoms with Crippen molar-refractivity contribution in [3.63, 3.8) is 0 Å². The maximum atomic E-state index is 10.6. The van der Waals surface area contributed by atoms with Gasteiger partial charge in [0.25, 0.3) is 5.76 Å². The molecule has 0 saturated heterocycles. The molecule has 0 fully saturated rings. The first-order valence-electron chi connectivity index (χ1n) is 3.33. The number of hydrogen-bond donors (Lipinski definition) is 1. The Morgan fingerprint density at radius 3 is 3.08 bits per heavy atom. The van der Waals surface area contributed by atoms with Crippen molar-refractivity contribution in [3.8, 4) is 0 Å². The van der Waals surface area contributed by atoms with Gasteiger partial charge in [-0.25, -0.2) is 9.78 Å². The molecule has 0 radical (unpaired) electrons. The fourth-order valence-electron chi connectivity index (χ4n) is 0.988. The number of aromatic carboxylic acids is 1. The van der Waals surface area contributed by atoms with Gasteiger partial charge in [0.2, 0.25) is 5.65 Å². The monoisotopic (exact) mass is 242 g/mol. The van der Waals surface area contributed by atoms with Crippen molar-refractivity contribution in [2.45, 2.75) is 0 Å². The first-order chi connectivity index (χ1) is 6.20. The minimum Gasteiger partial charge on any atom is -0.475 e. The molecule has 66 valence electrons. The summed E-state index contributed by atoms with van der Waals surface area (Å²) in [5.41, 5.74) is 0.284. The predicted octanol–water partition coefficient (Wildman–Crippen LogP) is 1.68. The van der Waals surface area contributed by atoms with E-state index in [0.29, 0.717) is 9.86 Å². The van der Waals surface area contributed by atoms with Gasteiger partial charge in [-0.3, -0.25) is 0 Å². The van der Waals surface area contributed by atoms with Gasteiger partial charge in [0, 0.05) is 10.7 Å². The molecule has 0 spiro atoms. The van der Waals surface area contributed by atoms with Crippen molar-refractivity contribution in [3.05, 3.63) is 22.5 Å². The summed E-state index contributed by atoms with van der Waals surface area (Å²) in [6.45, 7) is 0. The van der Waals surface area contributed by atoms with E-state index in [1.807, 2.05) is 0 Å². The van der Waals surface area contributed by atoms with E-state index in [2.05, 4.69) is 30.6 Å². The minimum absolute atomic E-state index is 0.199. The number of hydrogen-bond acceptors (Lipinski definition) is 4. The number of carbonyl (C=O) groups is 1. The van der Waals surface area contributed by atoms with Crippen molar-refractivity contribution < 1.29 is 14.4 Å². The van der Waals surface area contributed by atoms with Gasteiger partial charge in [0.05, 0.1) is 5.39 Å². The zero-order valence-electron chi connectivity index (χ0n) is 6.19. The van der Waals surface area contributed by atoms with Crippen molar-refractivity contribution in [1.82, 2.24) is 10.1 Å². The van der Waals surface area contributed by atoms with Crippen LogP contribution in [0.4, 0.5) is 0 Å². The van der Waals surface area contributed by atoms with E-state index in [9.17, 15) is 4.79 Å². The summed E-state index contributed by atoms with van der Waals surface area (Å²) in [6.07, 6.45) is 1.51. The van der Waals surface area contributed by atoms with Crippen LogP contribution in [0.3, 0.4) is 0 Å². The molecule has 6 heteroatoms. The summed E-state index contributed by atoms with van der Waals surface area (Å²) in [4.78, 5) is 14.5. The second-order valence-electron chi connectivity index (χ2n) is 2.31. The van der Waals surface area contributed by atoms with Gasteiger partial charge < -0.3 is 9.63 Å². The lowest BCUT2D eigenvalue weighted by molar-refractivity contribution is 0.0655. The Morgan fingerprint density at radius 1 is 1.62 bits per heavy atom. The summed E-state index contributed by atoms with van der Waals surface area (Å²) in [7, 11) is 0. The van der Waals surface area contributed by atoms with Crippen LogP contribution in [0, 0.1) is 0 Å². The van der Waals surface area contributed by atoms with Crippen LogP contribution in [0.1, 0.15) is 10.6 Å². The highest BCUT2D eigenvalue weighted by atomic mass is 79.9. The van der Waals surface area contributed by atoms with Crippen LogP contribution < -0.4 is 0 Å². The number of carboxylic acid groups (broad SMARTS) is 1. The second-order valence-corrected chi connectivity index (χ2v) is 3.16. The Labute approximate surface area is 80.5 Å². The van der Waals surface area contributed by atoms with E-state index in [1.54, 1.807) is 6.07 Å². The summed E-state index contributed by atoms with van der Waals surface area (Å²) in [5, 5.41) is 12.6. The van der Waals surface area contributed by atoms with Gasteiger partial charge in [0.15, 0.2) is 0 Å². The zero-order chi connectivity index (χ0) is 9.42. The number of halogens is 1. The topological polar surface area (TPSA) is 76.2 Å². The van der Waals surface area contributed by atoms with E-state index in [-0.39, 0.29) is 11.4 Å². The molecule has 0 bridgehead atoms. The number of pyridine rings is 1. The van der Waals surface area contributed by atoms with Crippen LogP contribution >= 0.6 is 15.9 Å².